The summed E-state index contributed by atoms with van der Waals surface area (Å²) in [6, 6.07) is 41.9. The van der Waals surface area contributed by atoms with Crippen molar-refractivity contribution in [1.82, 2.24) is 29.9 Å². The zero-order valence-corrected chi connectivity index (χ0v) is 41.0. The number of aromatic nitrogens is 6. The predicted octanol–water partition coefficient (Wildman–Crippen LogP) is 1.64. The Balaban J connectivity index is 0.00000360. The van der Waals surface area contributed by atoms with Crippen LogP contribution in [0.5, 0.6) is 0 Å². The zero-order valence-electron chi connectivity index (χ0n) is 35.3. The van der Waals surface area contributed by atoms with Crippen molar-refractivity contribution in [1.29, 1.82) is 0 Å². The molecular formula is C44H36N12Na2O6S2. The summed E-state index contributed by atoms with van der Waals surface area (Å²) >= 11 is 0. The van der Waals surface area contributed by atoms with Crippen LogP contribution in [0.1, 0.15) is 12.0 Å². The third kappa shape index (κ3) is 13.3. The first kappa shape index (κ1) is 49.4. The minimum absolute atomic E-state index is 0. The minimum atomic E-state index is -5.26. The van der Waals surface area contributed by atoms with E-state index in [1.54, 1.807) is 0 Å². The Morgan fingerprint density at radius 2 is 0.803 bits per heavy atom. The van der Waals surface area contributed by atoms with E-state index in [0.29, 0.717) is 22.7 Å². The van der Waals surface area contributed by atoms with E-state index in [4.69, 9.17) is 0 Å². The number of anilines is 10. The smallest absolute Gasteiger partial charge is 0.744 e. The van der Waals surface area contributed by atoms with Gasteiger partial charge < -0.3 is 41.0 Å². The second kappa shape index (κ2) is 22.0. The first-order valence-electron chi connectivity index (χ1n) is 19.3. The molecule has 0 unspecified atom stereocenters. The number of nitrogens with zero attached hydrogens (tertiary/aromatic N) is 6. The maximum atomic E-state index is 13.3. The van der Waals surface area contributed by atoms with Crippen LogP contribution >= 0.6 is 0 Å². The van der Waals surface area contributed by atoms with E-state index < -0.39 is 42.1 Å². The topological polar surface area (TPSA) is 264 Å². The monoisotopic (exact) mass is 938 g/mol. The van der Waals surface area contributed by atoms with Gasteiger partial charge in [-0.2, -0.15) is 29.9 Å². The molecule has 0 aliphatic heterocycles. The molecule has 1 aliphatic rings. The van der Waals surface area contributed by atoms with Gasteiger partial charge in [0.25, 0.3) is 0 Å². The fourth-order valence-corrected chi connectivity index (χ4v) is 7.94. The van der Waals surface area contributed by atoms with Gasteiger partial charge in [-0.3, -0.25) is 0 Å². The van der Waals surface area contributed by atoms with Gasteiger partial charge in [0.2, 0.25) is 35.7 Å². The predicted molar refractivity (Wildman–Crippen MR) is 242 cm³/mol. The summed E-state index contributed by atoms with van der Waals surface area (Å²) in [7, 11) is -10.2. The molecule has 0 amide bonds. The Bertz CT molecular complexity index is 2850. The summed E-state index contributed by atoms with van der Waals surface area (Å²) in [6.07, 6.45) is 4.76. The van der Waals surface area contributed by atoms with Crippen molar-refractivity contribution in [3.63, 3.8) is 0 Å². The molecule has 2 aromatic heterocycles. The first-order valence-corrected chi connectivity index (χ1v) is 22.2. The average molecular weight is 939 g/mol. The third-order valence-corrected chi connectivity index (χ3v) is 11.2. The summed E-state index contributed by atoms with van der Waals surface area (Å²) in [4.78, 5) is 26.5. The number of para-hydroxylation sites is 4. The molecule has 18 nitrogen and oxygen atoms in total. The molecule has 0 spiro atoms. The molecule has 7 aromatic rings. The van der Waals surface area contributed by atoms with E-state index in [1.807, 2.05) is 121 Å². The molecule has 0 fully saturated rings. The van der Waals surface area contributed by atoms with E-state index in [1.165, 1.54) is 42.5 Å². The summed E-state index contributed by atoms with van der Waals surface area (Å²) < 4.78 is 75.9. The quantitative estimate of drug-likeness (QED) is 0.0457. The summed E-state index contributed by atoms with van der Waals surface area (Å²) in [5.74, 6) is 0.235. The van der Waals surface area contributed by atoms with Crippen LogP contribution in [0.15, 0.2) is 179 Å². The second-order valence-corrected chi connectivity index (χ2v) is 16.7. The van der Waals surface area contributed by atoms with Gasteiger partial charge in [0, 0.05) is 34.1 Å². The van der Waals surface area contributed by atoms with Crippen LogP contribution in [0.3, 0.4) is 0 Å². The van der Waals surface area contributed by atoms with Gasteiger partial charge in [-0.25, -0.2) is 16.8 Å². The number of benzene rings is 5. The van der Waals surface area contributed by atoms with E-state index >= 15 is 0 Å². The molecule has 0 saturated heterocycles. The van der Waals surface area contributed by atoms with Crippen LogP contribution in [0, 0.1) is 0 Å². The molecule has 0 radical (unpaired) electrons. The number of rotatable bonds is 16. The van der Waals surface area contributed by atoms with Crippen molar-refractivity contribution >= 4 is 84.8 Å². The maximum Gasteiger partial charge on any atom is 1.00 e. The SMILES string of the molecule is O=S(=O)([O-])C1=C(C=Cc2ccccc2S(=O)(=O)[O-])C=CC(Nc2nc(Nc3ccccc3)nc(Nc3ccccc3)n2)(Nc2nc(Nc3ccccc3)nc(Nc3ccccc3)n2)C1.[Na+].[Na+]. The van der Waals surface area contributed by atoms with Crippen LogP contribution in [-0.4, -0.2) is 61.5 Å². The van der Waals surface area contributed by atoms with Crippen LogP contribution in [0.25, 0.3) is 6.08 Å². The van der Waals surface area contributed by atoms with E-state index in [2.05, 4.69) is 61.8 Å². The Kier molecular flexibility index (Phi) is 16.4. The molecule has 2 heterocycles. The normalized spacial score (nSPS) is 13.2. The third-order valence-electron chi connectivity index (χ3n) is 9.30. The van der Waals surface area contributed by atoms with Gasteiger partial charge in [-0.15, -0.1) is 0 Å². The molecule has 0 bridgehead atoms. The summed E-state index contributed by atoms with van der Waals surface area (Å²) in [5.41, 5.74) is 0.733. The van der Waals surface area contributed by atoms with E-state index in [0.717, 1.165) is 6.07 Å². The van der Waals surface area contributed by atoms with Crippen molar-refractivity contribution in [3.8, 4) is 0 Å². The standard InChI is InChI=1S/C44H38N12O6S2.2Na/c57-63(58,59)36-24-14-13-15-30(36)25-26-31-27-28-44(29-37(31)64(60,61)62,55-42-51-38(45-32-16-5-1-6-17-32)49-39(52-42)46-33-18-7-2-8-19-33)56-43-53-40(47-34-20-9-3-10-21-34)50-41(54-43)48-35-22-11-4-12-23-35;;/h1-28H,29H2,(H,57,58,59)(H,60,61,62)(H3,45,46,49,51,52,55)(H3,47,48,50,53,54,56);;/q;2*+1/p-2. The fraction of sp³-hybridized carbons (Fsp3) is 0.0455. The van der Waals surface area contributed by atoms with Gasteiger partial charge in [-0.05, 0) is 71.8 Å². The van der Waals surface area contributed by atoms with Crippen molar-refractivity contribution in [2.75, 3.05) is 31.9 Å². The number of hydrogen-bond donors (Lipinski definition) is 6. The van der Waals surface area contributed by atoms with Crippen LogP contribution < -0.4 is 91.0 Å². The number of hydrogen-bond acceptors (Lipinski definition) is 18. The molecule has 6 N–H and O–H groups in total. The Morgan fingerprint density at radius 1 is 0.455 bits per heavy atom. The van der Waals surface area contributed by atoms with Crippen LogP contribution in [0.2, 0.25) is 0 Å². The molecule has 8 rings (SSSR count). The van der Waals surface area contributed by atoms with Crippen LogP contribution in [-0.2, 0) is 20.2 Å². The van der Waals surface area contributed by atoms with Gasteiger partial charge in [-0.1, -0.05) is 109 Å². The molecule has 0 atom stereocenters. The number of allylic oxidation sites excluding steroid dienone is 3. The summed E-state index contributed by atoms with van der Waals surface area (Å²) in [5, 5.41) is 19.0. The summed E-state index contributed by atoms with van der Waals surface area (Å²) in [6.45, 7) is 0. The largest absolute Gasteiger partial charge is 1.00 e. The van der Waals surface area contributed by atoms with Gasteiger partial charge in [0.05, 0.1) is 4.90 Å². The van der Waals surface area contributed by atoms with E-state index in [9.17, 15) is 25.9 Å². The van der Waals surface area contributed by atoms with Gasteiger partial charge >= 0.3 is 59.1 Å². The molecule has 322 valence electrons. The minimum Gasteiger partial charge on any atom is -0.744 e. The second-order valence-electron chi connectivity index (χ2n) is 14.0. The van der Waals surface area contributed by atoms with Gasteiger partial charge in [0.15, 0.2) is 0 Å². The molecule has 5 aromatic carbocycles. The van der Waals surface area contributed by atoms with Crippen molar-refractivity contribution in [2.45, 2.75) is 17.0 Å². The first-order chi connectivity index (χ1) is 30.9. The van der Waals surface area contributed by atoms with Crippen molar-refractivity contribution < 1.29 is 85.1 Å². The maximum absolute atomic E-state index is 13.3. The Morgan fingerprint density at radius 3 is 1.17 bits per heavy atom. The molecular weight excluding hydrogens is 903 g/mol. The molecule has 66 heavy (non-hydrogen) atoms. The fourth-order valence-electron chi connectivity index (χ4n) is 6.44. The molecule has 22 heteroatoms. The van der Waals surface area contributed by atoms with Crippen molar-refractivity contribution in [2.24, 2.45) is 0 Å². The molecule has 0 saturated carbocycles. The zero-order chi connectivity index (χ0) is 44.6. The number of nitrogens with one attached hydrogen (secondary N) is 6. The Labute approximate surface area is 424 Å². The molecule has 1 aliphatic carbocycles. The van der Waals surface area contributed by atoms with Crippen molar-refractivity contribution in [3.05, 3.63) is 180 Å². The van der Waals surface area contributed by atoms with E-state index in [-0.39, 0.29) is 106 Å². The van der Waals surface area contributed by atoms with Gasteiger partial charge in [0.1, 0.15) is 25.9 Å². The average Bonchev–Trinajstić information content (AvgIpc) is 3.27. The van der Waals surface area contributed by atoms with Crippen LogP contribution in [0.4, 0.5) is 58.4 Å². The Hall–Kier alpha value is -6.04.